The molecule has 9 atom stereocenters. The van der Waals surface area contributed by atoms with Gasteiger partial charge in [0, 0.05) is 26.2 Å². The summed E-state index contributed by atoms with van der Waals surface area (Å²) < 4.78 is 0. The maximum Gasteiger partial charge on any atom is 0.326 e. The van der Waals surface area contributed by atoms with Crippen molar-refractivity contribution in [1.82, 2.24) is 46.2 Å². The molecule has 0 aromatic rings. The first kappa shape index (κ1) is 48.8. The molecule has 4 heterocycles. The monoisotopic (exact) mass is 878 g/mol. The van der Waals surface area contributed by atoms with Gasteiger partial charge in [0.2, 0.25) is 53.2 Å². The second-order valence-corrected chi connectivity index (χ2v) is 16.0. The third-order valence-corrected chi connectivity index (χ3v) is 11.5. The number of carbonyl (C=O) groups excluding carboxylic acids is 9. The molecule has 0 aromatic carbocycles. The predicted octanol–water partition coefficient (Wildman–Crippen LogP) is -5.06. The molecule has 344 valence electrons. The molecule has 0 radical (unpaired) electrons. The molecule has 0 aliphatic carbocycles. The van der Waals surface area contributed by atoms with Gasteiger partial charge in [-0.3, -0.25) is 47.9 Å². The van der Waals surface area contributed by atoms with Crippen LogP contribution in [-0.2, 0) is 52.7 Å². The Labute approximate surface area is 357 Å². The zero-order valence-corrected chi connectivity index (χ0v) is 35.0. The molecule has 4 rings (SSSR count). The van der Waals surface area contributed by atoms with Gasteiger partial charge in [-0.15, -0.1) is 0 Å². The number of rotatable bonds is 18. The number of likely N-dealkylation sites (tertiary alicyclic amines) is 4. The Morgan fingerprint density at radius 1 is 0.548 bits per heavy atom. The highest BCUT2D eigenvalue weighted by atomic mass is 16.4. The van der Waals surface area contributed by atoms with Crippen LogP contribution in [0.25, 0.3) is 0 Å². The molecule has 0 unspecified atom stereocenters. The number of carbonyl (C=O) groups is 11. The third kappa shape index (κ3) is 11.7. The molecule has 9 amide bonds. The quantitative estimate of drug-likeness (QED) is 0.0622. The van der Waals surface area contributed by atoms with Crippen molar-refractivity contribution in [3.05, 3.63) is 0 Å². The molecule has 24 nitrogen and oxygen atoms in total. The van der Waals surface area contributed by atoms with Gasteiger partial charge >= 0.3 is 11.9 Å². The molecule has 4 aliphatic heterocycles. The standard InChI is InChI=1S/C38H58N10O14/c1-19(30(53)43-22(16-29(51)52)31(54)44-23(18-49)32(55)42-21(3)35(58)48-15-7-11-27(48)38(61)62)41-33(56)24-8-4-12-45(24)36(59)26-10-6-14-47(26)37(60)25-9-5-13-46(25)34(57)20(2)40-28(50)17-39/h19-27,49H,4-18,39H2,1-3H3,(H,40,50)(H,41,56)(H,42,55)(H,43,53)(H,44,54)(H,51,52)(H,61,62)/t19-,20-,21-,22-,23-,24-,25-,26-,27-/m0/s1. The Bertz CT molecular complexity index is 1780. The first-order valence-corrected chi connectivity index (χ1v) is 20.8. The highest BCUT2D eigenvalue weighted by molar-refractivity contribution is 5.99. The van der Waals surface area contributed by atoms with E-state index in [-0.39, 0.29) is 45.6 Å². The number of nitrogens with one attached hydrogen (secondary N) is 5. The molecule has 0 bridgehead atoms. The smallest absolute Gasteiger partial charge is 0.326 e. The lowest BCUT2D eigenvalue weighted by atomic mass is 10.1. The zero-order chi connectivity index (χ0) is 46.0. The molecule has 24 heteroatoms. The normalized spacial score (nSPS) is 23.4. The van der Waals surface area contributed by atoms with Crippen LogP contribution < -0.4 is 32.3 Å². The maximum atomic E-state index is 14.0. The van der Waals surface area contributed by atoms with Crippen LogP contribution in [0, 0.1) is 0 Å². The van der Waals surface area contributed by atoms with E-state index in [0.29, 0.717) is 38.5 Å². The van der Waals surface area contributed by atoms with Crippen LogP contribution in [0.5, 0.6) is 0 Å². The lowest BCUT2D eigenvalue weighted by Crippen LogP contribution is -2.60. The molecule has 0 saturated carbocycles. The van der Waals surface area contributed by atoms with Gasteiger partial charge in [-0.05, 0) is 72.1 Å². The Balaban J connectivity index is 1.34. The van der Waals surface area contributed by atoms with Crippen molar-refractivity contribution < 1.29 is 68.1 Å². The number of aliphatic hydroxyl groups is 1. The molecule has 0 aromatic heterocycles. The zero-order valence-electron chi connectivity index (χ0n) is 35.0. The third-order valence-electron chi connectivity index (χ3n) is 11.5. The highest BCUT2D eigenvalue weighted by Gasteiger charge is 2.46. The first-order chi connectivity index (χ1) is 29.3. The largest absolute Gasteiger partial charge is 0.481 e. The van der Waals surface area contributed by atoms with Crippen LogP contribution in [0.15, 0.2) is 0 Å². The van der Waals surface area contributed by atoms with Gasteiger partial charge in [-0.2, -0.15) is 0 Å². The number of aliphatic carboxylic acids is 2. The summed E-state index contributed by atoms with van der Waals surface area (Å²) in [5, 5.41) is 40.4. The Hall–Kier alpha value is -5.91. The van der Waals surface area contributed by atoms with Gasteiger partial charge in [-0.1, -0.05) is 0 Å². The Morgan fingerprint density at radius 3 is 1.50 bits per heavy atom. The summed E-state index contributed by atoms with van der Waals surface area (Å²) in [5.74, 6) is -9.29. The van der Waals surface area contributed by atoms with Crippen LogP contribution >= 0.6 is 0 Å². The summed E-state index contributed by atoms with van der Waals surface area (Å²) in [5.41, 5.74) is 5.35. The summed E-state index contributed by atoms with van der Waals surface area (Å²) in [6.45, 7) is 3.59. The summed E-state index contributed by atoms with van der Waals surface area (Å²) >= 11 is 0. The van der Waals surface area contributed by atoms with E-state index in [2.05, 4.69) is 26.6 Å². The van der Waals surface area contributed by atoms with Crippen molar-refractivity contribution in [2.24, 2.45) is 5.73 Å². The minimum Gasteiger partial charge on any atom is -0.481 e. The molecular formula is C38H58N10O14. The SMILES string of the molecule is C[C@H](NC(=O)[C@@H]1CCCN1C(=O)[C@@H]1CCCN1C(=O)[C@@H]1CCCN1C(=O)[C@H](C)NC(=O)CN)C(=O)N[C@@H](CC(=O)O)C(=O)N[C@@H](CO)C(=O)N[C@@H](C)C(=O)N1CCC[C@H]1C(=O)O. The van der Waals surface area contributed by atoms with Gasteiger partial charge in [0.25, 0.3) is 0 Å². The van der Waals surface area contributed by atoms with Gasteiger partial charge in [0.15, 0.2) is 0 Å². The second kappa shape index (κ2) is 21.7. The van der Waals surface area contributed by atoms with E-state index in [4.69, 9.17) is 5.73 Å². The Morgan fingerprint density at radius 2 is 0.984 bits per heavy atom. The van der Waals surface area contributed by atoms with E-state index < -0.39 is 133 Å². The lowest BCUT2D eigenvalue weighted by molar-refractivity contribution is -0.151. The summed E-state index contributed by atoms with van der Waals surface area (Å²) in [6.07, 6.45) is 2.04. The number of amides is 9. The van der Waals surface area contributed by atoms with Gasteiger partial charge in [0.1, 0.15) is 54.4 Å². The molecule has 4 saturated heterocycles. The molecule has 10 N–H and O–H groups in total. The molecule has 4 aliphatic rings. The molecule has 4 fully saturated rings. The van der Waals surface area contributed by atoms with Crippen molar-refractivity contribution in [2.75, 3.05) is 39.3 Å². The summed E-state index contributed by atoms with van der Waals surface area (Å²) in [7, 11) is 0. The van der Waals surface area contributed by atoms with E-state index in [1.165, 1.54) is 35.5 Å². The topological polar surface area (TPSA) is 348 Å². The predicted molar refractivity (Wildman–Crippen MR) is 212 cm³/mol. The Kier molecular flexibility index (Phi) is 17.1. The minimum atomic E-state index is -1.81. The number of hydrogen-bond donors (Lipinski definition) is 9. The second-order valence-electron chi connectivity index (χ2n) is 16.0. The van der Waals surface area contributed by atoms with Crippen molar-refractivity contribution in [3.8, 4) is 0 Å². The number of nitrogens with zero attached hydrogens (tertiary/aromatic N) is 4. The fourth-order valence-corrected chi connectivity index (χ4v) is 8.31. The number of aliphatic hydroxyl groups excluding tert-OH is 1. The lowest BCUT2D eigenvalue weighted by Gasteiger charge is -2.34. The minimum absolute atomic E-state index is 0.149. The van der Waals surface area contributed by atoms with Crippen molar-refractivity contribution >= 4 is 65.1 Å². The van der Waals surface area contributed by atoms with Crippen LogP contribution in [0.4, 0.5) is 0 Å². The van der Waals surface area contributed by atoms with E-state index in [9.17, 15) is 68.1 Å². The average Bonchev–Trinajstić information content (AvgIpc) is 4.07. The number of hydrogen-bond acceptors (Lipinski definition) is 13. The van der Waals surface area contributed by atoms with Crippen molar-refractivity contribution in [3.63, 3.8) is 0 Å². The number of nitrogens with two attached hydrogens (primary N) is 1. The maximum absolute atomic E-state index is 14.0. The fraction of sp³-hybridized carbons (Fsp3) is 0.711. The fourth-order valence-electron chi connectivity index (χ4n) is 8.31. The summed E-state index contributed by atoms with van der Waals surface area (Å²) in [6, 6.07) is -11.0. The number of carboxylic acid groups (broad SMARTS) is 2. The average molecular weight is 879 g/mol. The van der Waals surface area contributed by atoms with E-state index in [1.54, 1.807) is 0 Å². The molecular weight excluding hydrogens is 820 g/mol. The van der Waals surface area contributed by atoms with Gasteiger partial charge < -0.3 is 67.2 Å². The summed E-state index contributed by atoms with van der Waals surface area (Å²) in [4.78, 5) is 147. The van der Waals surface area contributed by atoms with Gasteiger partial charge in [-0.25, -0.2) is 4.79 Å². The molecule has 0 spiro atoms. The van der Waals surface area contributed by atoms with Crippen molar-refractivity contribution in [2.45, 2.75) is 133 Å². The molecule has 62 heavy (non-hydrogen) atoms. The van der Waals surface area contributed by atoms with E-state index >= 15 is 0 Å². The van der Waals surface area contributed by atoms with Crippen LogP contribution in [0.3, 0.4) is 0 Å². The van der Waals surface area contributed by atoms with Crippen LogP contribution in [-0.4, -0.2) is 194 Å². The van der Waals surface area contributed by atoms with Crippen LogP contribution in [0.2, 0.25) is 0 Å². The number of carboxylic acids is 2. The van der Waals surface area contributed by atoms with E-state index in [0.717, 1.165) is 4.90 Å². The van der Waals surface area contributed by atoms with Gasteiger partial charge in [0.05, 0.1) is 19.6 Å². The first-order valence-electron chi connectivity index (χ1n) is 20.8. The van der Waals surface area contributed by atoms with Crippen molar-refractivity contribution in [1.29, 1.82) is 0 Å². The van der Waals surface area contributed by atoms with Crippen LogP contribution in [0.1, 0.15) is 78.6 Å². The highest BCUT2D eigenvalue weighted by Crippen LogP contribution is 2.29. The van der Waals surface area contributed by atoms with E-state index in [1.807, 2.05) is 0 Å².